The van der Waals surface area contributed by atoms with Crippen LogP contribution in [0.15, 0.2) is 54.6 Å². The normalized spacial score (nSPS) is 10.6. The summed E-state index contributed by atoms with van der Waals surface area (Å²) < 4.78 is 5.23. The molecule has 4 nitrogen and oxygen atoms in total. The van der Waals surface area contributed by atoms with Gasteiger partial charge in [-0.25, -0.2) is 0 Å². The number of aliphatic hydroxyl groups is 1. The van der Waals surface area contributed by atoms with Crippen molar-refractivity contribution in [3.8, 4) is 28.3 Å². The fourth-order valence-corrected chi connectivity index (χ4v) is 2.31. The Labute approximate surface area is 123 Å². The Hall–Kier alpha value is -2.59. The quantitative estimate of drug-likeness (QED) is 0.771. The lowest BCUT2D eigenvalue weighted by Crippen LogP contribution is -1.88. The van der Waals surface area contributed by atoms with Gasteiger partial charge < -0.3 is 9.84 Å². The molecule has 0 bridgehead atoms. The van der Waals surface area contributed by atoms with Gasteiger partial charge in [0.1, 0.15) is 5.75 Å². The fraction of sp³-hybridized carbons (Fsp3) is 0.118. The van der Waals surface area contributed by atoms with E-state index in [0.29, 0.717) is 0 Å². The maximum atomic E-state index is 9.42. The molecule has 0 aliphatic rings. The molecule has 0 amide bonds. The highest BCUT2D eigenvalue weighted by atomic mass is 16.5. The number of aliphatic hydroxyl groups excluding tert-OH is 1. The van der Waals surface area contributed by atoms with Gasteiger partial charge in [-0.05, 0) is 23.8 Å². The second-order valence-electron chi connectivity index (χ2n) is 4.71. The van der Waals surface area contributed by atoms with Gasteiger partial charge in [0, 0.05) is 11.1 Å². The summed E-state index contributed by atoms with van der Waals surface area (Å²) in [4.78, 5) is 0. The Morgan fingerprint density at radius 3 is 2.76 bits per heavy atom. The number of methoxy groups -OCH3 is 1. The van der Waals surface area contributed by atoms with Crippen LogP contribution >= 0.6 is 0 Å². The van der Waals surface area contributed by atoms with Gasteiger partial charge in [-0.3, -0.25) is 5.10 Å². The number of aromatic nitrogens is 2. The van der Waals surface area contributed by atoms with E-state index in [0.717, 1.165) is 33.8 Å². The highest BCUT2D eigenvalue weighted by molar-refractivity contribution is 5.70. The van der Waals surface area contributed by atoms with Crippen molar-refractivity contribution < 1.29 is 9.84 Å². The third kappa shape index (κ3) is 2.66. The first-order valence-corrected chi connectivity index (χ1v) is 6.71. The number of benzene rings is 2. The zero-order chi connectivity index (χ0) is 14.7. The number of hydrogen-bond acceptors (Lipinski definition) is 3. The van der Waals surface area contributed by atoms with Crippen LogP contribution in [0.3, 0.4) is 0 Å². The molecule has 21 heavy (non-hydrogen) atoms. The highest BCUT2D eigenvalue weighted by Crippen LogP contribution is 2.28. The third-order valence-electron chi connectivity index (χ3n) is 3.42. The summed E-state index contributed by atoms with van der Waals surface area (Å²) in [6, 6.07) is 17.5. The Bertz CT molecular complexity index is 750. The van der Waals surface area contributed by atoms with E-state index in [1.165, 1.54) is 0 Å². The summed E-state index contributed by atoms with van der Waals surface area (Å²) in [5.74, 6) is 0.799. The molecule has 0 atom stereocenters. The number of rotatable bonds is 4. The zero-order valence-corrected chi connectivity index (χ0v) is 11.7. The smallest absolute Gasteiger partial charge is 0.119 e. The van der Waals surface area contributed by atoms with Crippen LogP contribution in [0.5, 0.6) is 5.75 Å². The van der Waals surface area contributed by atoms with E-state index < -0.39 is 0 Å². The minimum absolute atomic E-state index is 0.00366. The minimum atomic E-state index is 0.00366. The molecule has 0 aliphatic heterocycles. The maximum Gasteiger partial charge on any atom is 0.119 e. The molecule has 0 fully saturated rings. The Kier molecular flexibility index (Phi) is 3.71. The second kappa shape index (κ2) is 5.81. The minimum Gasteiger partial charge on any atom is -0.497 e. The molecule has 0 spiro atoms. The standard InChI is InChI=1S/C17H16N2O2/c1-21-14-7-4-6-12(9-14)16-10-17(19-18-16)15-8-3-2-5-13(15)11-20/h2-10,20H,11H2,1H3,(H,18,19). The molecule has 106 valence electrons. The lowest BCUT2D eigenvalue weighted by molar-refractivity contribution is 0.282. The average Bonchev–Trinajstić information content (AvgIpc) is 3.04. The molecule has 1 aromatic heterocycles. The van der Waals surface area contributed by atoms with Gasteiger partial charge >= 0.3 is 0 Å². The van der Waals surface area contributed by atoms with Crippen molar-refractivity contribution in [1.82, 2.24) is 10.2 Å². The molecule has 3 rings (SSSR count). The van der Waals surface area contributed by atoms with Crippen LogP contribution < -0.4 is 4.74 Å². The number of hydrogen-bond donors (Lipinski definition) is 2. The molecule has 2 aromatic carbocycles. The van der Waals surface area contributed by atoms with Crippen molar-refractivity contribution >= 4 is 0 Å². The van der Waals surface area contributed by atoms with Crippen LogP contribution in [0.4, 0.5) is 0 Å². The topological polar surface area (TPSA) is 58.1 Å². The maximum absolute atomic E-state index is 9.42. The van der Waals surface area contributed by atoms with Crippen molar-refractivity contribution in [1.29, 1.82) is 0 Å². The summed E-state index contributed by atoms with van der Waals surface area (Å²) in [7, 11) is 1.65. The highest BCUT2D eigenvalue weighted by Gasteiger charge is 2.09. The lowest BCUT2D eigenvalue weighted by atomic mass is 10.0. The number of nitrogens with zero attached hydrogens (tertiary/aromatic N) is 1. The van der Waals surface area contributed by atoms with Crippen LogP contribution in [0.2, 0.25) is 0 Å². The first-order valence-electron chi connectivity index (χ1n) is 6.71. The third-order valence-corrected chi connectivity index (χ3v) is 3.42. The van der Waals surface area contributed by atoms with Crippen LogP contribution in [-0.4, -0.2) is 22.4 Å². The second-order valence-corrected chi connectivity index (χ2v) is 4.71. The summed E-state index contributed by atoms with van der Waals surface area (Å²) >= 11 is 0. The van der Waals surface area contributed by atoms with Gasteiger partial charge in [-0.2, -0.15) is 5.10 Å². The predicted molar refractivity (Wildman–Crippen MR) is 81.9 cm³/mol. The van der Waals surface area contributed by atoms with Crippen molar-refractivity contribution in [2.24, 2.45) is 0 Å². The number of H-pyrrole nitrogens is 1. The van der Waals surface area contributed by atoms with E-state index >= 15 is 0 Å². The Morgan fingerprint density at radius 2 is 1.95 bits per heavy atom. The molecule has 0 unspecified atom stereocenters. The number of ether oxygens (including phenoxy) is 1. The lowest BCUT2D eigenvalue weighted by Gasteiger charge is -2.03. The van der Waals surface area contributed by atoms with Crippen LogP contribution in [0.1, 0.15) is 5.56 Å². The van der Waals surface area contributed by atoms with E-state index in [1.807, 2.05) is 54.6 Å². The molecule has 0 saturated heterocycles. The van der Waals surface area contributed by atoms with Crippen molar-refractivity contribution in [3.05, 3.63) is 60.2 Å². The van der Waals surface area contributed by atoms with Crippen molar-refractivity contribution in [2.75, 3.05) is 7.11 Å². The Morgan fingerprint density at radius 1 is 1.10 bits per heavy atom. The van der Waals surface area contributed by atoms with Gasteiger partial charge in [0.2, 0.25) is 0 Å². The van der Waals surface area contributed by atoms with E-state index in [1.54, 1.807) is 7.11 Å². The molecule has 0 saturated carbocycles. The van der Waals surface area contributed by atoms with Gasteiger partial charge in [0.05, 0.1) is 25.1 Å². The van der Waals surface area contributed by atoms with Gasteiger partial charge in [0.15, 0.2) is 0 Å². The summed E-state index contributed by atoms with van der Waals surface area (Å²) in [6.45, 7) is 0.00366. The summed E-state index contributed by atoms with van der Waals surface area (Å²) in [5.41, 5.74) is 4.55. The number of aromatic amines is 1. The molecular formula is C17H16N2O2. The average molecular weight is 280 g/mol. The SMILES string of the molecule is COc1cccc(-c2cc(-c3ccccc3CO)[nH]n2)c1. The van der Waals surface area contributed by atoms with Crippen molar-refractivity contribution in [3.63, 3.8) is 0 Å². The summed E-state index contributed by atoms with van der Waals surface area (Å²) in [6.07, 6.45) is 0. The zero-order valence-electron chi connectivity index (χ0n) is 11.7. The largest absolute Gasteiger partial charge is 0.497 e. The van der Waals surface area contributed by atoms with Crippen LogP contribution in [-0.2, 0) is 6.61 Å². The monoisotopic (exact) mass is 280 g/mol. The van der Waals surface area contributed by atoms with Crippen LogP contribution in [0, 0.1) is 0 Å². The van der Waals surface area contributed by atoms with Gasteiger partial charge in [0.25, 0.3) is 0 Å². The molecule has 1 heterocycles. The Balaban J connectivity index is 1.99. The molecule has 2 N–H and O–H groups in total. The number of nitrogens with one attached hydrogen (secondary N) is 1. The van der Waals surface area contributed by atoms with E-state index in [-0.39, 0.29) is 6.61 Å². The van der Waals surface area contributed by atoms with Gasteiger partial charge in [-0.1, -0.05) is 36.4 Å². The molecule has 3 aromatic rings. The first-order chi connectivity index (χ1) is 10.3. The van der Waals surface area contributed by atoms with E-state index in [9.17, 15) is 5.11 Å². The van der Waals surface area contributed by atoms with E-state index in [2.05, 4.69) is 10.2 Å². The summed E-state index contributed by atoms with van der Waals surface area (Å²) in [5, 5.41) is 16.8. The molecular weight excluding hydrogens is 264 g/mol. The van der Waals surface area contributed by atoms with E-state index in [4.69, 9.17) is 4.74 Å². The molecule has 4 heteroatoms. The van der Waals surface area contributed by atoms with Crippen LogP contribution in [0.25, 0.3) is 22.5 Å². The first kappa shape index (κ1) is 13.4. The van der Waals surface area contributed by atoms with Crippen molar-refractivity contribution in [2.45, 2.75) is 6.61 Å². The van der Waals surface area contributed by atoms with Gasteiger partial charge in [-0.15, -0.1) is 0 Å². The molecule has 0 radical (unpaired) electrons. The molecule has 0 aliphatic carbocycles. The fourth-order valence-electron chi connectivity index (χ4n) is 2.31. The predicted octanol–water partition coefficient (Wildman–Crippen LogP) is 3.24.